The number of carbonyl (C=O) groups is 1. The summed E-state index contributed by atoms with van der Waals surface area (Å²) in [6.45, 7) is 3.22. The maximum absolute atomic E-state index is 11.9. The first-order valence-electron chi connectivity index (χ1n) is 5.93. The third-order valence-corrected chi connectivity index (χ3v) is 4.85. The smallest absolute Gasteiger partial charge is 0.241 e. The van der Waals surface area contributed by atoms with E-state index in [-0.39, 0.29) is 30.7 Å². The van der Waals surface area contributed by atoms with Gasteiger partial charge >= 0.3 is 0 Å². The Morgan fingerprint density at radius 3 is 2.26 bits per heavy atom. The van der Waals surface area contributed by atoms with Crippen LogP contribution in [0.1, 0.15) is 6.92 Å². The van der Waals surface area contributed by atoms with Crippen LogP contribution in [0, 0.1) is 0 Å². The first kappa shape index (κ1) is 18.6. The van der Waals surface area contributed by atoms with E-state index in [1.165, 1.54) is 11.4 Å². The molecule has 0 saturated carbocycles. The van der Waals surface area contributed by atoms with Crippen LogP contribution in [0.5, 0.6) is 0 Å². The Hall–Kier alpha value is -0.410. The average molecular weight is 316 g/mol. The first-order chi connectivity index (χ1) is 8.42. The van der Waals surface area contributed by atoms with Gasteiger partial charge in [0.05, 0.1) is 12.4 Å². The fourth-order valence-corrected chi connectivity index (χ4v) is 2.94. The van der Waals surface area contributed by atoms with Crippen molar-refractivity contribution < 1.29 is 17.9 Å². The Bertz CT molecular complexity index is 382. The molecule has 0 radical (unpaired) electrons. The summed E-state index contributed by atoms with van der Waals surface area (Å²) in [4.78, 5) is 13.5. The highest BCUT2D eigenvalue weighted by molar-refractivity contribution is 7.89. The van der Waals surface area contributed by atoms with Gasteiger partial charge in [-0.2, -0.15) is 4.31 Å². The second kappa shape index (κ2) is 8.01. The summed E-state index contributed by atoms with van der Waals surface area (Å²) < 4.78 is 29.5. The number of sulfonamides is 1. The summed E-state index contributed by atoms with van der Waals surface area (Å²) in [5, 5.41) is 0. The topological polar surface area (TPSA) is 92.9 Å². The normalized spacial score (nSPS) is 18.8. The van der Waals surface area contributed by atoms with Crippen molar-refractivity contribution in [2.45, 2.75) is 13.0 Å². The Labute approximate surface area is 120 Å². The molecule has 0 bridgehead atoms. The predicted molar refractivity (Wildman–Crippen MR) is 74.7 cm³/mol. The molecule has 1 heterocycles. The Morgan fingerprint density at radius 1 is 1.32 bits per heavy atom. The fourth-order valence-electron chi connectivity index (χ4n) is 1.85. The van der Waals surface area contributed by atoms with Gasteiger partial charge in [-0.15, -0.1) is 12.4 Å². The number of ether oxygens (including phenoxy) is 1. The summed E-state index contributed by atoms with van der Waals surface area (Å²) in [5.74, 6) is -0.102. The number of rotatable bonds is 5. The fraction of sp³-hybridized carbons (Fsp3) is 0.900. The summed E-state index contributed by atoms with van der Waals surface area (Å²) >= 11 is 0. The van der Waals surface area contributed by atoms with Crippen LogP contribution < -0.4 is 5.73 Å². The van der Waals surface area contributed by atoms with Gasteiger partial charge < -0.3 is 15.4 Å². The minimum Gasteiger partial charge on any atom is -0.383 e. The van der Waals surface area contributed by atoms with Crippen LogP contribution in [0.15, 0.2) is 0 Å². The van der Waals surface area contributed by atoms with Crippen molar-refractivity contribution in [1.82, 2.24) is 9.21 Å². The molecular weight excluding hydrogens is 294 g/mol. The van der Waals surface area contributed by atoms with Crippen molar-refractivity contribution in [2.24, 2.45) is 5.73 Å². The van der Waals surface area contributed by atoms with E-state index in [1.54, 1.807) is 11.8 Å². The predicted octanol–water partition coefficient (Wildman–Crippen LogP) is -1.12. The first-order valence-corrected chi connectivity index (χ1v) is 7.54. The highest BCUT2D eigenvalue weighted by Crippen LogP contribution is 2.08. The largest absolute Gasteiger partial charge is 0.383 e. The molecule has 9 heteroatoms. The minimum atomic E-state index is -3.16. The lowest BCUT2D eigenvalue weighted by Crippen LogP contribution is -2.55. The van der Waals surface area contributed by atoms with Crippen LogP contribution in [0.25, 0.3) is 0 Å². The average Bonchev–Trinajstić information content (AvgIpc) is 2.38. The third kappa shape index (κ3) is 4.88. The summed E-state index contributed by atoms with van der Waals surface area (Å²) in [6.07, 6.45) is 0. The molecule has 1 fully saturated rings. The van der Waals surface area contributed by atoms with E-state index in [9.17, 15) is 13.2 Å². The molecule has 1 atom stereocenters. The molecular formula is C10H22ClN3O4S. The van der Waals surface area contributed by atoms with Crippen molar-refractivity contribution in [3.63, 3.8) is 0 Å². The van der Waals surface area contributed by atoms with Crippen LogP contribution in [0.3, 0.4) is 0 Å². The summed E-state index contributed by atoms with van der Waals surface area (Å²) in [7, 11) is -1.68. The minimum absolute atomic E-state index is 0. The van der Waals surface area contributed by atoms with Gasteiger partial charge in [-0.3, -0.25) is 4.79 Å². The van der Waals surface area contributed by atoms with E-state index in [4.69, 9.17) is 10.5 Å². The quantitative estimate of drug-likeness (QED) is 0.693. The van der Waals surface area contributed by atoms with Gasteiger partial charge in [0.15, 0.2) is 0 Å². The van der Waals surface area contributed by atoms with E-state index in [2.05, 4.69) is 0 Å². The third-order valence-electron chi connectivity index (χ3n) is 2.97. The second-order valence-corrected chi connectivity index (χ2v) is 6.44. The van der Waals surface area contributed by atoms with E-state index >= 15 is 0 Å². The molecule has 0 spiro atoms. The standard InChI is InChI=1S/C10H21N3O4S.ClH/c1-3-18(15,16)13-6-4-12(5-7-13)10(14)9(11)8-17-2;/h9H,3-8,11H2,1-2H3;1H. The highest BCUT2D eigenvalue weighted by atomic mass is 35.5. The molecule has 7 nitrogen and oxygen atoms in total. The molecule has 0 aromatic carbocycles. The van der Waals surface area contributed by atoms with E-state index in [1.807, 2.05) is 0 Å². The van der Waals surface area contributed by atoms with Crippen molar-refractivity contribution in [3.05, 3.63) is 0 Å². The van der Waals surface area contributed by atoms with E-state index in [0.717, 1.165) is 0 Å². The Balaban J connectivity index is 0.00000324. The van der Waals surface area contributed by atoms with Crippen molar-refractivity contribution in [2.75, 3.05) is 45.6 Å². The molecule has 1 saturated heterocycles. The van der Waals surface area contributed by atoms with Gasteiger partial charge in [0.1, 0.15) is 6.04 Å². The van der Waals surface area contributed by atoms with Gasteiger partial charge in [0.25, 0.3) is 0 Å². The SMILES string of the molecule is CCS(=O)(=O)N1CCN(C(=O)C(N)COC)CC1.Cl. The maximum atomic E-state index is 11.9. The van der Waals surface area contributed by atoms with Crippen LogP contribution >= 0.6 is 12.4 Å². The molecule has 114 valence electrons. The molecule has 1 amide bonds. The monoisotopic (exact) mass is 315 g/mol. The molecule has 0 aromatic rings. The summed E-state index contributed by atoms with van der Waals surface area (Å²) in [6, 6.07) is -0.677. The number of piperazine rings is 1. The zero-order chi connectivity index (χ0) is 13.8. The highest BCUT2D eigenvalue weighted by Gasteiger charge is 2.29. The molecule has 1 unspecified atom stereocenters. The van der Waals surface area contributed by atoms with E-state index < -0.39 is 16.1 Å². The lowest BCUT2D eigenvalue weighted by molar-refractivity contribution is -0.134. The number of hydrogen-bond acceptors (Lipinski definition) is 5. The second-order valence-electron chi connectivity index (χ2n) is 4.19. The van der Waals surface area contributed by atoms with Gasteiger partial charge in [-0.25, -0.2) is 8.42 Å². The van der Waals surface area contributed by atoms with Gasteiger partial charge in [-0.05, 0) is 6.92 Å². The molecule has 1 rings (SSSR count). The molecule has 1 aliphatic rings. The maximum Gasteiger partial charge on any atom is 0.241 e. The molecule has 2 N–H and O–H groups in total. The van der Waals surface area contributed by atoms with Crippen molar-refractivity contribution >= 4 is 28.3 Å². The zero-order valence-corrected chi connectivity index (χ0v) is 12.9. The Morgan fingerprint density at radius 2 is 1.84 bits per heavy atom. The molecule has 0 aliphatic carbocycles. The zero-order valence-electron chi connectivity index (χ0n) is 11.2. The number of methoxy groups -OCH3 is 1. The number of amides is 1. The summed E-state index contributed by atoms with van der Waals surface area (Å²) in [5.41, 5.74) is 5.66. The van der Waals surface area contributed by atoms with Crippen molar-refractivity contribution in [1.29, 1.82) is 0 Å². The number of nitrogens with zero attached hydrogens (tertiary/aromatic N) is 2. The van der Waals surface area contributed by atoms with Crippen LogP contribution in [-0.4, -0.2) is 75.2 Å². The van der Waals surface area contributed by atoms with Crippen molar-refractivity contribution in [3.8, 4) is 0 Å². The molecule has 1 aliphatic heterocycles. The van der Waals surface area contributed by atoms with E-state index in [0.29, 0.717) is 26.2 Å². The Kier molecular flexibility index (Phi) is 7.83. The van der Waals surface area contributed by atoms with Gasteiger partial charge in [0.2, 0.25) is 15.9 Å². The van der Waals surface area contributed by atoms with Gasteiger partial charge in [0, 0.05) is 33.3 Å². The van der Waals surface area contributed by atoms with Crippen LogP contribution in [0.4, 0.5) is 0 Å². The lowest BCUT2D eigenvalue weighted by Gasteiger charge is -2.34. The number of halogens is 1. The number of carbonyl (C=O) groups excluding carboxylic acids is 1. The number of hydrogen-bond donors (Lipinski definition) is 1. The van der Waals surface area contributed by atoms with Gasteiger partial charge in [-0.1, -0.05) is 0 Å². The molecule has 19 heavy (non-hydrogen) atoms. The van der Waals surface area contributed by atoms with Crippen LogP contribution in [0.2, 0.25) is 0 Å². The number of nitrogens with two attached hydrogens (primary N) is 1. The lowest BCUT2D eigenvalue weighted by atomic mass is 10.2. The van der Waals surface area contributed by atoms with Crippen LogP contribution in [-0.2, 0) is 19.6 Å². The molecule has 0 aromatic heterocycles.